The summed E-state index contributed by atoms with van der Waals surface area (Å²) in [5.74, 6) is -0.698. The number of carbonyl (C=O) groups excluding carboxylic acids is 2. The molecule has 1 aliphatic rings. The minimum absolute atomic E-state index is 0.194. The number of nitrogens with one attached hydrogen (secondary N) is 1. The van der Waals surface area contributed by atoms with Crippen LogP contribution >= 0.6 is 0 Å². The first-order chi connectivity index (χ1) is 14.0. The van der Waals surface area contributed by atoms with Crippen molar-refractivity contribution < 1.29 is 23.5 Å². The Balaban J connectivity index is 1.69. The van der Waals surface area contributed by atoms with Gasteiger partial charge in [-0.05, 0) is 56.2 Å². The van der Waals surface area contributed by atoms with Crippen LogP contribution in [-0.4, -0.2) is 43.9 Å². The van der Waals surface area contributed by atoms with Crippen molar-refractivity contribution in [1.82, 2.24) is 10.3 Å². The van der Waals surface area contributed by atoms with Gasteiger partial charge in [0.25, 0.3) is 5.91 Å². The molecule has 0 spiro atoms. The van der Waals surface area contributed by atoms with Crippen LogP contribution in [0.2, 0.25) is 0 Å². The number of methoxy groups -OCH3 is 1. The number of hydrogen-bond donors (Lipinski definition) is 1. The van der Waals surface area contributed by atoms with Crippen molar-refractivity contribution in [3.05, 3.63) is 59.2 Å². The first-order valence-electron chi connectivity index (χ1n) is 9.49. The highest BCUT2D eigenvalue weighted by atomic mass is 19.1. The second-order valence-electron chi connectivity index (χ2n) is 6.77. The van der Waals surface area contributed by atoms with Crippen molar-refractivity contribution in [3.8, 4) is 0 Å². The van der Waals surface area contributed by atoms with Gasteiger partial charge in [-0.1, -0.05) is 0 Å². The number of carbonyl (C=O) groups is 2. The van der Waals surface area contributed by atoms with Gasteiger partial charge in [0.2, 0.25) is 0 Å². The van der Waals surface area contributed by atoms with Crippen LogP contribution < -0.4 is 10.2 Å². The maximum absolute atomic E-state index is 13.0. The van der Waals surface area contributed by atoms with Crippen LogP contribution in [0.4, 0.5) is 14.9 Å². The van der Waals surface area contributed by atoms with Crippen molar-refractivity contribution in [3.63, 3.8) is 0 Å². The van der Waals surface area contributed by atoms with E-state index in [-0.39, 0.29) is 18.6 Å². The van der Waals surface area contributed by atoms with Crippen molar-refractivity contribution in [2.24, 2.45) is 0 Å². The van der Waals surface area contributed by atoms with Gasteiger partial charge in [-0.25, -0.2) is 9.18 Å². The third kappa shape index (κ3) is 5.08. The monoisotopic (exact) mass is 401 g/mol. The highest BCUT2D eigenvalue weighted by Crippen LogP contribution is 2.28. The molecule has 0 bridgehead atoms. The highest BCUT2D eigenvalue weighted by Gasteiger charge is 2.25. The molecule has 7 nitrogen and oxygen atoms in total. The summed E-state index contributed by atoms with van der Waals surface area (Å²) in [6.45, 7) is 2.93. The average molecular weight is 401 g/mol. The molecule has 1 atom stereocenters. The molecule has 0 radical (unpaired) electrons. The standard InChI is InChI=1S/C21H24FN3O4/c1-14(23-20(26)15-5-7-16(22)8-6-15)17-9-10-19-18(24-17)4-3-11-25(19)21(27)29-13-12-28-2/h5-10,14H,3-4,11-13H2,1-2H3,(H,23,26)/t14-/m1/s1. The molecule has 154 valence electrons. The number of pyridine rings is 1. The van der Waals surface area contributed by atoms with Crippen molar-refractivity contribution in [2.45, 2.75) is 25.8 Å². The normalized spacial score (nSPS) is 14.1. The maximum atomic E-state index is 13.0. The number of nitrogens with zero attached hydrogens (tertiary/aromatic N) is 2. The summed E-state index contributed by atoms with van der Waals surface area (Å²) in [4.78, 5) is 30.9. The van der Waals surface area contributed by atoms with Gasteiger partial charge < -0.3 is 14.8 Å². The smallest absolute Gasteiger partial charge is 0.414 e. The Morgan fingerprint density at radius 2 is 1.97 bits per heavy atom. The minimum atomic E-state index is -0.421. The molecule has 1 aromatic carbocycles. The summed E-state index contributed by atoms with van der Waals surface area (Å²) in [6, 6.07) is 8.63. The molecule has 3 rings (SSSR count). The first kappa shape index (κ1) is 20.7. The fourth-order valence-corrected chi connectivity index (χ4v) is 3.14. The number of rotatable bonds is 6. The van der Waals surface area contributed by atoms with Crippen LogP contribution in [0.5, 0.6) is 0 Å². The number of amides is 2. The number of halogens is 1. The van der Waals surface area contributed by atoms with E-state index >= 15 is 0 Å². The van der Waals surface area contributed by atoms with Crippen molar-refractivity contribution >= 4 is 17.7 Å². The molecular weight excluding hydrogens is 377 g/mol. The molecule has 2 heterocycles. The first-order valence-corrected chi connectivity index (χ1v) is 9.49. The zero-order chi connectivity index (χ0) is 20.8. The lowest BCUT2D eigenvalue weighted by Crippen LogP contribution is -2.37. The Morgan fingerprint density at radius 1 is 1.21 bits per heavy atom. The third-order valence-electron chi connectivity index (χ3n) is 4.69. The summed E-state index contributed by atoms with van der Waals surface area (Å²) < 4.78 is 23.1. The topological polar surface area (TPSA) is 80.8 Å². The molecule has 2 amide bonds. The molecule has 1 N–H and O–H groups in total. The summed E-state index contributed by atoms with van der Waals surface area (Å²) in [5.41, 5.74) is 2.58. The molecular formula is C21H24FN3O4. The third-order valence-corrected chi connectivity index (χ3v) is 4.69. The zero-order valence-corrected chi connectivity index (χ0v) is 16.5. The Hall–Kier alpha value is -3.00. The second kappa shape index (κ2) is 9.47. The summed E-state index contributed by atoms with van der Waals surface area (Å²) in [7, 11) is 1.55. The van der Waals surface area contributed by atoms with Gasteiger partial charge in [-0.2, -0.15) is 0 Å². The Morgan fingerprint density at radius 3 is 2.69 bits per heavy atom. The molecule has 29 heavy (non-hydrogen) atoms. The molecule has 0 saturated heterocycles. The molecule has 1 aliphatic heterocycles. The lowest BCUT2D eigenvalue weighted by molar-refractivity contribution is 0.0939. The van der Waals surface area contributed by atoms with Gasteiger partial charge in [-0.3, -0.25) is 14.7 Å². The molecule has 0 saturated carbocycles. The van der Waals surface area contributed by atoms with E-state index in [4.69, 9.17) is 9.47 Å². The molecule has 2 aromatic rings. The van der Waals surface area contributed by atoms with Gasteiger partial charge in [0.15, 0.2) is 0 Å². The van der Waals surface area contributed by atoms with E-state index in [9.17, 15) is 14.0 Å². The van der Waals surface area contributed by atoms with E-state index < -0.39 is 11.9 Å². The number of benzene rings is 1. The summed E-state index contributed by atoms with van der Waals surface area (Å²) >= 11 is 0. The predicted octanol–water partition coefficient (Wildman–Crippen LogP) is 3.25. The Labute approximate surface area is 168 Å². The molecule has 0 fully saturated rings. The van der Waals surface area contributed by atoms with E-state index in [0.29, 0.717) is 24.4 Å². The highest BCUT2D eigenvalue weighted by molar-refractivity contribution is 5.94. The Bertz CT molecular complexity index is 873. The predicted molar refractivity (Wildman–Crippen MR) is 105 cm³/mol. The molecule has 0 aliphatic carbocycles. The average Bonchev–Trinajstić information content (AvgIpc) is 2.73. The van der Waals surface area contributed by atoms with Crippen LogP contribution in [-0.2, 0) is 15.9 Å². The van der Waals surface area contributed by atoms with Gasteiger partial charge in [0.05, 0.1) is 29.7 Å². The lowest BCUT2D eigenvalue weighted by atomic mass is 10.1. The van der Waals surface area contributed by atoms with Crippen LogP contribution in [0.3, 0.4) is 0 Å². The van der Waals surface area contributed by atoms with Crippen LogP contribution in [0, 0.1) is 5.82 Å². The van der Waals surface area contributed by atoms with Gasteiger partial charge in [-0.15, -0.1) is 0 Å². The van der Waals surface area contributed by atoms with E-state index in [1.807, 2.05) is 13.0 Å². The lowest BCUT2D eigenvalue weighted by Gasteiger charge is -2.28. The van der Waals surface area contributed by atoms with Gasteiger partial charge in [0, 0.05) is 19.2 Å². The quantitative estimate of drug-likeness (QED) is 0.752. The molecule has 1 aromatic heterocycles. The molecule has 0 unspecified atom stereocenters. The number of ether oxygens (including phenoxy) is 2. The van der Waals surface area contributed by atoms with E-state index in [2.05, 4.69) is 10.3 Å². The fraction of sp³-hybridized carbons (Fsp3) is 0.381. The van der Waals surface area contributed by atoms with Crippen molar-refractivity contribution in [1.29, 1.82) is 0 Å². The number of fused-ring (bicyclic) bond motifs is 1. The zero-order valence-electron chi connectivity index (χ0n) is 16.5. The number of aryl methyl sites for hydroxylation is 1. The van der Waals surface area contributed by atoms with Gasteiger partial charge >= 0.3 is 6.09 Å². The second-order valence-corrected chi connectivity index (χ2v) is 6.77. The Kier molecular flexibility index (Phi) is 6.77. The van der Waals surface area contributed by atoms with Crippen LogP contribution in [0.15, 0.2) is 36.4 Å². The van der Waals surface area contributed by atoms with E-state index in [0.717, 1.165) is 24.2 Å². The summed E-state index contributed by atoms with van der Waals surface area (Å²) in [5, 5.41) is 2.86. The van der Waals surface area contributed by atoms with Crippen molar-refractivity contribution in [2.75, 3.05) is 31.8 Å². The van der Waals surface area contributed by atoms with Gasteiger partial charge in [0.1, 0.15) is 12.4 Å². The fourth-order valence-electron chi connectivity index (χ4n) is 3.14. The largest absolute Gasteiger partial charge is 0.447 e. The van der Waals surface area contributed by atoms with Crippen LogP contribution in [0.1, 0.15) is 41.1 Å². The molecule has 8 heteroatoms. The van der Waals surface area contributed by atoms with E-state index in [1.165, 1.54) is 24.3 Å². The summed E-state index contributed by atoms with van der Waals surface area (Å²) in [6.07, 6.45) is 1.10. The SMILES string of the molecule is COCCOC(=O)N1CCCc2nc([C@@H](C)NC(=O)c3ccc(F)cc3)ccc21. The minimum Gasteiger partial charge on any atom is -0.447 e. The number of anilines is 1. The number of hydrogen-bond acceptors (Lipinski definition) is 5. The number of aromatic nitrogens is 1. The maximum Gasteiger partial charge on any atom is 0.414 e. The van der Waals surface area contributed by atoms with Crippen LogP contribution in [0.25, 0.3) is 0 Å². The van der Waals surface area contributed by atoms with E-state index in [1.54, 1.807) is 18.1 Å².